The summed E-state index contributed by atoms with van der Waals surface area (Å²) in [5.74, 6) is 1.59. The second-order valence-electron chi connectivity index (χ2n) is 5.51. The van der Waals surface area contributed by atoms with Crippen molar-refractivity contribution in [2.24, 2.45) is 5.92 Å². The Labute approximate surface area is 117 Å². The van der Waals surface area contributed by atoms with E-state index in [-0.39, 0.29) is 19.4 Å². The Kier molecular flexibility index (Phi) is 3.17. The summed E-state index contributed by atoms with van der Waals surface area (Å²) in [6.07, 6.45) is 2.05. The highest BCUT2D eigenvalue weighted by Gasteiger charge is 2.39. The molecule has 2 aliphatic rings. The number of nitrogens with one attached hydrogen (secondary N) is 2. The molecule has 1 aromatic carbocycles. The second-order valence-corrected chi connectivity index (χ2v) is 5.51. The van der Waals surface area contributed by atoms with Gasteiger partial charge < -0.3 is 25.2 Å². The Morgan fingerprint density at radius 1 is 1.40 bits per heavy atom. The first-order chi connectivity index (χ1) is 9.54. The van der Waals surface area contributed by atoms with Gasteiger partial charge in [-0.1, -0.05) is 0 Å². The smallest absolute Gasteiger partial charge is 0.319 e. The maximum absolute atomic E-state index is 11.8. The number of benzene rings is 1. The topological polar surface area (TPSA) is 79.8 Å². The number of rotatable bonds is 4. The Bertz CT molecular complexity index is 526. The number of urea groups is 1. The van der Waals surface area contributed by atoms with Crippen LogP contribution in [0.5, 0.6) is 11.5 Å². The van der Waals surface area contributed by atoms with Crippen LogP contribution in [-0.2, 0) is 0 Å². The lowest BCUT2D eigenvalue weighted by Gasteiger charge is -2.23. The van der Waals surface area contributed by atoms with Gasteiger partial charge in [0.2, 0.25) is 6.79 Å². The minimum atomic E-state index is -0.827. The van der Waals surface area contributed by atoms with Crippen molar-refractivity contribution in [2.45, 2.75) is 25.4 Å². The van der Waals surface area contributed by atoms with Crippen LogP contribution in [0.2, 0.25) is 0 Å². The highest BCUT2D eigenvalue weighted by atomic mass is 16.7. The molecule has 0 radical (unpaired) electrons. The summed E-state index contributed by atoms with van der Waals surface area (Å²) >= 11 is 0. The Morgan fingerprint density at radius 2 is 2.15 bits per heavy atom. The molecule has 0 bridgehead atoms. The van der Waals surface area contributed by atoms with Gasteiger partial charge in [0.05, 0.1) is 5.60 Å². The third-order valence-corrected chi connectivity index (χ3v) is 3.69. The van der Waals surface area contributed by atoms with Crippen molar-refractivity contribution in [3.05, 3.63) is 18.2 Å². The highest BCUT2D eigenvalue weighted by molar-refractivity contribution is 5.89. The molecule has 108 valence electrons. The summed E-state index contributed by atoms with van der Waals surface area (Å²) in [6.45, 7) is 2.20. The molecule has 3 N–H and O–H groups in total. The largest absolute Gasteiger partial charge is 0.454 e. The van der Waals surface area contributed by atoms with Crippen molar-refractivity contribution < 1.29 is 19.4 Å². The summed E-state index contributed by atoms with van der Waals surface area (Å²) in [7, 11) is 0. The minimum Gasteiger partial charge on any atom is -0.454 e. The molecule has 1 atom stereocenters. The van der Waals surface area contributed by atoms with Gasteiger partial charge >= 0.3 is 6.03 Å². The van der Waals surface area contributed by atoms with Crippen molar-refractivity contribution in [3.8, 4) is 11.5 Å². The van der Waals surface area contributed by atoms with Crippen LogP contribution < -0.4 is 20.1 Å². The number of aliphatic hydroxyl groups is 1. The van der Waals surface area contributed by atoms with Gasteiger partial charge in [-0.05, 0) is 37.8 Å². The Morgan fingerprint density at radius 3 is 2.90 bits per heavy atom. The molecule has 6 nitrogen and oxygen atoms in total. The predicted molar refractivity (Wildman–Crippen MR) is 72.9 cm³/mol. The first kappa shape index (κ1) is 13.1. The second kappa shape index (κ2) is 4.86. The first-order valence-electron chi connectivity index (χ1n) is 6.71. The summed E-state index contributed by atoms with van der Waals surface area (Å²) in [5, 5.41) is 15.5. The SMILES string of the molecule is CC(O)(CNC(=O)Nc1ccc2c(c1)OCO2)C1CC1. The molecule has 6 heteroatoms. The van der Waals surface area contributed by atoms with Gasteiger partial charge in [0.15, 0.2) is 11.5 Å². The molecule has 2 amide bonds. The third-order valence-electron chi connectivity index (χ3n) is 3.69. The number of carbonyl (C=O) groups excluding carboxylic acids is 1. The van der Waals surface area contributed by atoms with Crippen molar-refractivity contribution in [3.63, 3.8) is 0 Å². The molecule has 1 fully saturated rings. The number of ether oxygens (including phenoxy) is 2. The standard InChI is InChI=1S/C14H18N2O4/c1-14(18,9-2-3-9)7-15-13(17)16-10-4-5-11-12(6-10)20-8-19-11/h4-6,9,18H,2-3,7-8H2,1H3,(H2,15,16,17). The molecule has 3 rings (SSSR count). The molecule has 1 unspecified atom stereocenters. The van der Waals surface area contributed by atoms with E-state index in [1.165, 1.54) is 0 Å². The van der Waals surface area contributed by atoms with Crippen LogP contribution >= 0.6 is 0 Å². The molecule has 1 aliphatic carbocycles. The normalized spacial score (nSPS) is 19.3. The summed E-state index contributed by atoms with van der Waals surface area (Å²) in [5.41, 5.74) is -0.204. The zero-order valence-corrected chi connectivity index (χ0v) is 11.3. The monoisotopic (exact) mass is 278 g/mol. The van der Waals surface area contributed by atoms with Crippen LogP contribution in [0.15, 0.2) is 18.2 Å². The maximum atomic E-state index is 11.8. The van der Waals surface area contributed by atoms with Crippen LogP contribution in [-0.4, -0.2) is 30.1 Å². The fourth-order valence-electron chi connectivity index (χ4n) is 2.26. The highest BCUT2D eigenvalue weighted by Crippen LogP contribution is 2.39. The number of hydrogen-bond donors (Lipinski definition) is 3. The number of anilines is 1. The van der Waals surface area contributed by atoms with E-state index >= 15 is 0 Å². The molecular formula is C14H18N2O4. The quantitative estimate of drug-likeness (QED) is 0.783. The fourth-order valence-corrected chi connectivity index (χ4v) is 2.26. The van der Waals surface area contributed by atoms with Crippen molar-refractivity contribution >= 4 is 11.7 Å². The van der Waals surface area contributed by atoms with E-state index in [2.05, 4.69) is 10.6 Å². The van der Waals surface area contributed by atoms with Gasteiger partial charge in [-0.3, -0.25) is 0 Å². The molecule has 0 saturated heterocycles. The average Bonchev–Trinajstić information content (AvgIpc) is 3.17. The van der Waals surface area contributed by atoms with Gasteiger partial charge in [-0.2, -0.15) is 0 Å². The van der Waals surface area contributed by atoms with Crippen molar-refractivity contribution in [2.75, 3.05) is 18.7 Å². The van der Waals surface area contributed by atoms with Crippen LogP contribution in [0.4, 0.5) is 10.5 Å². The maximum Gasteiger partial charge on any atom is 0.319 e. The predicted octanol–water partition coefficient (Wildman–Crippen LogP) is 1.70. The van der Waals surface area contributed by atoms with E-state index in [0.29, 0.717) is 23.1 Å². The minimum absolute atomic E-state index is 0.204. The molecule has 1 heterocycles. The molecule has 1 aliphatic heterocycles. The van der Waals surface area contributed by atoms with E-state index in [1.54, 1.807) is 25.1 Å². The zero-order valence-electron chi connectivity index (χ0n) is 11.3. The number of carbonyl (C=O) groups is 1. The Hall–Kier alpha value is -1.95. The van der Waals surface area contributed by atoms with Gasteiger partial charge in [0, 0.05) is 18.3 Å². The summed E-state index contributed by atoms with van der Waals surface area (Å²) in [6, 6.07) is 4.86. The molecule has 1 aromatic rings. The number of fused-ring (bicyclic) bond motifs is 1. The summed E-state index contributed by atoms with van der Waals surface area (Å²) in [4.78, 5) is 11.8. The van der Waals surface area contributed by atoms with Crippen LogP contribution in [0, 0.1) is 5.92 Å². The summed E-state index contributed by atoms with van der Waals surface area (Å²) < 4.78 is 10.4. The molecule has 20 heavy (non-hydrogen) atoms. The van der Waals surface area contributed by atoms with E-state index in [4.69, 9.17) is 9.47 Å². The van der Waals surface area contributed by atoms with Crippen molar-refractivity contribution in [1.82, 2.24) is 5.32 Å². The van der Waals surface area contributed by atoms with Gasteiger partial charge in [0.1, 0.15) is 0 Å². The zero-order chi connectivity index (χ0) is 14.2. The lowest BCUT2D eigenvalue weighted by Crippen LogP contribution is -2.43. The van der Waals surface area contributed by atoms with Gasteiger partial charge in [0.25, 0.3) is 0 Å². The van der Waals surface area contributed by atoms with E-state index < -0.39 is 5.60 Å². The molecular weight excluding hydrogens is 260 g/mol. The van der Waals surface area contributed by atoms with Gasteiger partial charge in [-0.15, -0.1) is 0 Å². The van der Waals surface area contributed by atoms with Crippen LogP contribution in [0.3, 0.4) is 0 Å². The van der Waals surface area contributed by atoms with E-state index in [0.717, 1.165) is 12.8 Å². The van der Waals surface area contributed by atoms with Crippen LogP contribution in [0.1, 0.15) is 19.8 Å². The van der Waals surface area contributed by atoms with Crippen molar-refractivity contribution in [1.29, 1.82) is 0 Å². The van der Waals surface area contributed by atoms with E-state index in [1.807, 2.05) is 0 Å². The fraction of sp³-hybridized carbons (Fsp3) is 0.500. The lowest BCUT2D eigenvalue weighted by molar-refractivity contribution is 0.0398. The molecule has 0 spiro atoms. The molecule has 0 aromatic heterocycles. The number of hydrogen-bond acceptors (Lipinski definition) is 4. The first-order valence-corrected chi connectivity index (χ1v) is 6.71. The lowest BCUT2D eigenvalue weighted by atomic mass is 10.0. The third kappa shape index (κ3) is 2.80. The Balaban J connectivity index is 1.53. The average molecular weight is 278 g/mol. The number of amides is 2. The van der Waals surface area contributed by atoms with Gasteiger partial charge in [-0.25, -0.2) is 4.79 Å². The van der Waals surface area contributed by atoms with Crippen LogP contribution in [0.25, 0.3) is 0 Å². The van der Waals surface area contributed by atoms with E-state index in [9.17, 15) is 9.90 Å². The molecule has 1 saturated carbocycles.